The minimum Gasteiger partial charge on any atom is -0.343 e. The predicted octanol–water partition coefficient (Wildman–Crippen LogP) is 2.43. The summed E-state index contributed by atoms with van der Waals surface area (Å²) in [5.41, 5.74) is 0. The van der Waals surface area contributed by atoms with Crippen molar-refractivity contribution in [3.8, 4) is 0 Å². The first-order valence-electron chi connectivity index (χ1n) is 8.80. The van der Waals surface area contributed by atoms with E-state index < -0.39 is 0 Å². The molecule has 1 aliphatic carbocycles. The molecule has 3 rings (SSSR count). The Labute approximate surface area is 127 Å². The Bertz CT molecular complexity index is 376. The predicted molar refractivity (Wildman–Crippen MR) is 81.7 cm³/mol. The first kappa shape index (κ1) is 14.9. The molecule has 2 aliphatic heterocycles. The van der Waals surface area contributed by atoms with Crippen LogP contribution < -0.4 is 0 Å². The molecule has 0 spiro atoms. The molecule has 0 unspecified atom stereocenters. The highest BCUT2D eigenvalue weighted by Crippen LogP contribution is 2.29. The molecule has 0 radical (unpaired) electrons. The van der Waals surface area contributed by atoms with Gasteiger partial charge in [0.1, 0.15) is 0 Å². The molecule has 2 saturated heterocycles. The SMILES string of the molecule is O=C(CC1CCCC1)N1CCC(C(=O)N2CCCC2)CC1. The second kappa shape index (κ2) is 6.80. The van der Waals surface area contributed by atoms with Crippen molar-refractivity contribution in [1.29, 1.82) is 0 Å². The van der Waals surface area contributed by atoms with Gasteiger partial charge in [-0.05, 0) is 44.4 Å². The van der Waals surface area contributed by atoms with Crippen LogP contribution in [0.1, 0.15) is 57.8 Å². The fourth-order valence-electron chi connectivity index (χ4n) is 4.16. The van der Waals surface area contributed by atoms with Crippen LogP contribution in [0.3, 0.4) is 0 Å². The highest BCUT2D eigenvalue weighted by atomic mass is 16.2. The molecule has 0 aromatic carbocycles. The van der Waals surface area contributed by atoms with Gasteiger partial charge in [0.05, 0.1) is 0 Å². The number of carbonyl (C=O) groups excluding carboxylic acids is 2. The summed E-state index contributed by atoms with van der Waals surface area (Å²) >= 11 is 0. The van der Waals surface area contributed by atoms with Crippen molar-refractivity contribution in [2.75, 3.05) is 26.2 Å². The quantitative estimate of drug-likeness (QED) is 0.801. The summed E-state index contributed by atoms with van der Waals surface area (Å²) < 4.78 is 0. The molecule has 3 fully saturated rings. The normalized spacial score (nSPS) is 24.8. The molecule has 1 saturated carbocycles. The van der Waals surface area contributed by atoms with Gasteiger partial charge < -0.3 is 9.80 Å². The molecule has 0 N–H and O–H groups in total. The molecule has 0 bridgehead atoms. The van der Waals surface area contributed by atoms with Crippen LogP contribution in [0.2, 0.25) is 0 Å². The maximum absolute atomic E-state index is 12.4. The zero-order chi connectivity index (χ0) is 14.7. The molecular weight excluding hydrogens is 264 g/mol. The van der Waals surface area contributed by atoms with Crippen LogP contribution in [0, 0.1) is 11.8 Å². The van der Waals surface area contributed by atoms with E-state index in [0.717, 1.165) is 58.3 Å². The van der Waals surface area contributed by atoms with Gasteiger partial charge in [-0.2, -0.15) is 0 Å². The summed E-state index contributed by atoms with van der Waals surface area (Å²) in [5, 5.41) is 0. The van der Waals surface area contributed by atoms with Gasteiger partial charge in [-0.1, -0.05) is 12.8 Å². The van der Waals surface area contributed by atoms with E-state index in [1.807, 2.05) is 9.80 Å². The lowest BCUT2D eigenvalue weighted by molar-refractivity contribution is -0.140. The standard InChI is InChI=1S/C17H28N2O2/c20-16(13-14-5-1-2-6-14)18-11-7-15(8-12-18)17(21)19-9-3-4-10-19/h14-15H,1-13H2. The molecule has 0 atom stereocenters. The van der Waals surface area contributed by atoms with Gasteiger partial charge in [0.15, 0.2) is 0 Å². The number of hydrogen-bond donors (Lipinski definition) is 0. The first-order chi connectivity index (χ1) is 10.2. The summed E-state index contributed by atoms with van der Waals surface area (Å²) in [6.45, 7) is 3.46. The molecule has 2 heterocycles. The maximum Gasteiger partial charge on any atom is 0.225 e. The van der Waals surface area contributed by atoms with Crippen LogP contribution >= 0.6 is 0 Å². The Morgan fingerprint density at radius 1 is 0.762 bits per heavy atom. The second-order valence-corrected chi connectivity index (χ2v) is 7.04. The topological polar surface area (TPSA) is 40.6 Å². The van der Waals surface area contributed by atoms with E-state index in [-0.39, 0.29) is 5.92 Å². The van der Waals surface area contributed by atoms with Gasteiger partial charge >= 0.3 is 0 Å². The maximum atomic E-state index is 12.4. The zero-order valence-corrected chi connectivity index (χ0v) is 13.1. The van der Waals surface area contributed by atoms with Crippen LogP contribution in [-0.2, 0) is 9.59 Å². The minimum atomic E-state index is 0.165. The van der Waals surface area contributed by atoms with Crippen LogP contribution in [0.5, 0.6) is 0 Å². The first-order valence-corrected chi connectivity index (χ1v) is 8.80. The third-order valence-corrected chi connectivity index (χ3v) is 5.55. The van der Waals surface area contributed by atoms with E-state index in [0.29, 0.717) is 17.7 Å². The molecule has 4 nitrogen and oxygen atoms in total. The monoisotopic (exact) mass is 292 g/mol. The molecule has 0 aromatic rings. The second-order valence-electron chi connectivity index (χ2n) is 7.04. The number of hydrogen-bond acceptors (Lipinski definition) is 2. The number of amides is 2. The lowest BCUT2D eigenvalue weighted by atomic mass is 9.94. The number of carbonyl (C=O) groups is 2. The van der Waals surface area contributed by atoms with Crippen LogP contribution in [-0.4, -0.2) is 47.8 Å². The Morgan fingerprint density at radius 2 is 1.38 bits per heavy atom. The lowest BCUT2D eigenvalue weighted by Gasteiger charge is -2.33. The van der Waals surface area contributed by atoms with Crippen molar-refractivity contribution in [2.45, 2.75) is 57.8 Å². The van der Waals surface area contributed by atoms with E-state index in [2.05, 4.69) is 0 Å². The molecule has 118 valence electrons. The van der Waals surface area contributed by atoms with Crippen molar-refractivity contribution in [2.24, 2.45) is 11.8 Å². The van der Waals surface area contributed by atoms with Crippen molar-refractivity contribution >= 4 is 11.8 Å². The Morgan fingerprint density at radius 3 is 2.00 bits per heavy atom. The average molecular weight is 292 g/mol. The van der Waals surface area contributed by atoms with E-state index in [1.165, 1.54) is 25.7 Å². The summed E-state index contributed by atoms with van der Waals surface area (Å²) in [4.78, 5) is 28.7. The third-order valence-electron chi connectivity index (χ3n) is 5.55. The molecule has 4 heteroatoms. The average Bonchev–Trinajstić information content (AvgIpc) is 3.20. The summed E-state index contributed by atoms with van der Waals surface area (Å²) in [6.07, 6.45) is 9.84. The molecule has 3 aliphatic rings. The van der Waals surface area contributed by atoms with Crippen molar-refractivity contribution < 1.29 is 9.59 Å². The van der Waals surface area contributed by atoms with Gasteiger partial charge in [-0.25, -0.2) is 0 Å². The Hall–Kier alpha value is -1.06. The van der Waals surface area contributed by atoms with Crippen LogP contribution in [0.15, 0.2) is 0 Å². The van der Waals surface area contributed by atoms with Crippen molar-refractivity contribution in [1.82, 2.24) is 9.80 Å². The van der Waals surface area contributed by atoms with Crippen molar-refractivity contribution in [3.05, 3.63) is 0 Å². The highest BCUT2D eigenvalue weighted by Gasteiger charge is 2.31. The number of likely N-dealkylation sites (tertiary alicyclic amines) is 2. The van der Waals surface area contributed by atoms with Gasteiger partial charge in [0.25, 0.3) is 0 Å². The molecule has 0 aromatic heterocycles. The molecule has 21 heavy (non-hydrogen) atoms. The molecule has 2 amide bonds. The Kier molecular flexibility index (Phi) is 4.81. The third kappa shape index (κ3) is 3.58. The van der Waals surface area contributed by atoms with Crippen molar-refractivity contribution in [3.63, 3.8) is 0 Å². The summed E-state index contributed by atoms with van der Waals surface area (Å²) in [7, 11) is 0. The van der Waals surface area contributed by atoms with Gasteiger partial charge in [-0.15, -0.1) is 0 Å². The number of rotatable bonds is 3. The van der Waals surface area contributed by atoms with E-state index in [4.69, 9.17) is 0 Å². The minimum absolute atomic E-state index is 0.165. The van der Waals surface area contributed by atoms with Crippen LogP contribution in [0.4, 0.5) is 0 Å². The largest absolute Gasteiger partial charge is 0.343 e. The summed E-state index contributed by atoms with van der Waals surface area (Å²) in [6, 6.07) is 0. The number of nitrogens with zero attached hydrogens (tertiary/aromatic N) is 2. The fraction of sp³-hybridized carbons (Fsp3) is 0.882. The Balaban J connectivity index is 1.43. The fourth-order valence-corrected chi connectivity index (χ4v) is 4.16. The highest BCUT2D eigenvalue weighted by molar-refractivity contribution is 5.80. The van der Waals surface area contributed by atoms with Gasteiger partial charge in [0, 0.05) is 38.5 Å². The summed E-state index contributed by atoms with van der Waals surface area (Å²) in [5.74, 6) is 1.46. The van der Waals surface area contributed by atoms with Crippen LogP contribution in [0.25, 0.3) is 0 Å². The molecular formula is C17H28N2O2. The van der Waals surface area contributed by atoms with E-state index in [1.54, 1.807) is 0 Å². The zero-order valence-electron chi connectivity index (χ0n) is 13.1. The smallest absolute Gasteiger partial charge is 0.225 e. The van der Waals surface area contributed by atoms with E-state index in [9.17, 15) is 9.59 Å². The van der Waals surface area contributed by atoms with Gasteiger partial charge in [0.2, 0.25) is 11.8 Å². The van der Waals surface area contributed by atoms with Gasteiger partial charge in [-0.3, -0.25) is 9.59 Å². The lowest BCUT2D eigenvalue weighted by Crippen LogP contribution is -2.44. The number of piperidine rings is 1. The van der Waals surface area contributed by atoms with E-state index >= 15 is 0 Å².